The van der Waals surface area contributed by atoms with Gasteiger partial charge in [0.15, 0.2) is 5.13 Å². The molecule has 2 heterocycles. The van der Waals surface area contributed by atoms with Gasteiger partial charge in [-0.05, 0) is 30.2 Å². The summed E-state index contributed by atoms with van der Waals surface area (Å²) in [5, 5.41) is 6.13. The number of carbonyl (C=O) groups excluding carboxylic acids is 2. The van der Waals surface area contributed by atoms with E-state index in [-0.39, 0.29) is 12.3 Å². The molecular formula is C17H14Cl2N4O2S. The van der Waals surface area contributed by atoms with E-state index in [4.69, 9.17) is 28.9 Å². The van der Waals surface area contributed by atoms with E-state index in [0.29, 0.717) is 33.0 Å². The van der Waals surface area contributed by atoms with Crippen LogP contribution in [0.1, 0.15) is 22.5 Å². The highest BCUT2D eigenvalue weighted by molar-refractivity contribution is 7.14. The Bertz CT molecular complexity index is 967. The molecule has 9 heteroatoms. The highest BCUT2D eigenvalue weighted by Gasteiger charge is 2.12. The molecule has 134 valence electrons. The molecule has 4 N–H and O–H groups in total. The summed E-state index contributed by atoms with van der Waals surface area (Å²) in [4.78, 5) is 30.4. The lowest BCUT2D eigenvalue weighted by atomic mass is 10.1. The number of aromatic amines is 1. The molecule has 0 bridgehead atoms. The summed E-state index contributed by atoms with van der Waals surface area (Å²) >= 11 is 13.3. The molecule has 0 aliphatic rings. The summed E-state index contributed by atoms with van der Waals surface area (Å²) in [7, 11) is 0. The van der Waals surface area contributed by atoms with Crippen LogP contribution in [0.2, 0.25) is 10.0 Å². The van der Waals surface area contributed by atoms with Crippen molar-refractivity contribution < 1.29 is 9.59 Å². The molecule has 0 saturated carbocycles. The van der Waals surface area contributed by atoms with Crippen LogP contribution in [0.5, 0.6) is 0 Å². The maximum atomic E-state index is 12.1. The van der Waals surface area contributed by atoms with Crippen molar-refractivity contribution in [3.8, 4) is 11.3 Å². The molecule has 3 aromatic rings. The van der Waals surface area contributed by atoms with E-state index in [9.17, 15) is 9.59 Å². The Kier molecular flexibility index (Phi) is 5.61. The van der Waals surface area contributed by atoms with E-state index >= 15 is 0 Å². The summed E-state index contributed by atoms with van der Waals surface area (Å²) in [5.41, 5.74) is 7.75. The number of primary amides is 1. The van der Waals surface area contributed by atoms with Gasteiger partial charge in [0.05, 0.1) is 5.69 Å². The molecule has 2 aromatic heterocycles. The maximum Gasteiger partial charge on any atom is 0.265 e. The van der Waals surface area contributed by atoms with Crippen LogP contribution in [0.3, 0.4) is 0 Å². The quantitative estimate of drug-likeness (QED) is 0.571. The lowest BCUT2D eigenvalue weighted by Gasteiger charge is -2.05. The van der Waals surface area contributed by atoms with Crippen molar-refractivity contribution in [3.05, 3.63) is 57.1 Å². The van der Waals surface area contributed by atoms with Crippen LogP contribution in [0.4, 0.5) is 5.13 Å². The van der Waals surface area contributed by atoms with Gasteiger partial charge in [-0.25, -0.2) is 4.98 Å². The lowest BCUT2D eigenvalue weighted by Crippen LogP contribution is -2.12. The van der Waals surface area contributed by atoms with Crippen molar-refractivity contribution in [2.45, 2.75) is 12.8 Å². The third-order valence-corrected chi connectivity index (χ3v) is 4.98. The Morgan fingerprint density at radius 1 is 1.27 bits per heavy atom. The highest BCUT2D eigenvalue weighted by Crippen LogP contribution is 2.26. The third-order valence-electron chi connectivity index (χ3n) is 3.63. The van der Waals surface area contributed by atoms with Gasteiger partial charge in [0.25, 0.3) is 5.91 Å². The van der Waals surface area contributed by atoms with Gasteiger partial charge in [0.2, 0.25) is 5.91 Å². The second-order valence-corrected chi connectivity index (χ2v) is 7.19. The summed E-state index contributed by atoms with van der Waals surface area (Å²) in [5.74, 6) is -0.704. The van der Waals surface area contributed by atoms with E-state index in [1.54, 1.807) is 29.8 Å². The van der Waals surface area contributed by atoms with Gasteiger partial charge in [-0.2, -0.15) is 0 Å². The summed E-state index contributed by atoms with van der Waals surface area (Å²) in [6, 6.07) is 6.82. The minimum absolute atomic E-state index is 0.163. The Morgan fingerprint density at radius 3 is 2.77 bits per heavy atom. The minimum atomic E-state index is -0.541. The molecule has 2 amide bonds. The number of aryl methyl sites for hydroxylation is 1. The number of hydrogen-bond donors (Lipinski definition) is 3. The first-order valence-corrected chi connectivity index (χ1v) is 9.24. The molecule has 6 nitrogen and oxygen atoms in total. The number of anilines is 1. The molecule has 1 aromatic carbocycles. The Morgan fingerprint density at radius 2 is 2.08 bits per heavy atom. The average molecular weight is 409 g/mol. The molecule has 0 atom stereocenters. The second kappa shape index (κ2) is 7.90. The number of rotatable bonds is 6. The van der Waals surface area contributed by atoms with Crippen molar-refractivity contribution in [2.24, 2.45) is 5.73 Å². The van der Waals surface area contributed by atoms with E-state index in [2.05, 4.69) is 15.3 Å². The number of halogens is 2. The van der Waals surface area contributed by atoms with Crippen LogP contribution in [-0.2, 0) is 11.2 Å². The average Bonchev–Trinajstić information content (AvgIpc) is 3.23. The van der Waals surface area contributed by atoms with Crippen LogP contribution >= 0.6 is 34.5 Å². The third kappa shape index (κ3) is 4.43. The van der Waals surface area contributed by atoms with Gasteiger partial charge in [0.1, 0.15) is 5.69 Å². The predicted octanol–water partition coefficient (Wildman–Crippen LogP) is 4.12. The molecule has 0 saturated heterocycles. The molecule has 0 unspecified atom stereocenters. The zero-order valence-corrected chi connectivity index (χ0v) is 15.7. The molecule has 0 spiro atoms. The van der Waals surface area contributed by atoms with Crippen molar-refractivity contribution in [3.63, 3.8) is 0 Å². The molecule has 3 rings (SSSR count). The number of aromatic nitrogens is 2. The van der Waals surface area contributed by atoms with Crippen LogP contribution in [0.25, 0.3) is 11.3 Å². The van der Waals surface area contributed by atoms with Crippen molar-refractivity contribution in [1.82, 2.24) is 9.97 Å². The number of nitrogens with zero attached hydrogens (tertiary/aromatic N) is 1. The molecule has 0 aliphatic heterocycles. The van der Waals surface area contributed by atoms with Gasteiger partial charge in [-0.15, -0.1) is 11.3 Å². The summed E-state index contributed by atoms with van der Waals surface area (Å²) in [6.07, 6.45) is 2.41. The monoisotopic (exact) mass is 408 g/mol. The first-order valence-electron chi connectivity index (χ1n) is 7.60. The van der Waals surface area contributed by atoms with Crippen molar-refractivity contribution in [2.75, 3.05) is 5.32 Å². The fourth-order valence-electron chi connectivity index (χ4n) is 2.30. The number of benzene rings is 1. The van der Waals surface area contributed by atoms with Gasteiger partial charge in [0, 0.05) is 33.6 Å². The van der Waals surface area contributed by atoms with Gasteiger partial charge in [-0.3, -0.25) is 9.59 Å². The Balaban J connectivity index is 1.59. The first-order chi connectivity index (χ1) is 12.4. The molecule has 0 aliphatic carbocycles. The molecule has 26 heavy (non-hydrogen) atoms. The summed E-state index contributed by atoms with van der Waals surface area (Å²) in [6.45, 7) is 0. The van der Waals surface area contributed by atoms with Crippen LogP contribution in [0.15, 0.2) is 35.8 Å². The SMILES string of the molecule is NC(=O)c1cc(-c2csc(NC(=O)CCc3ccc(Cl)cc3Cl)n2)c[nH]1. The highest BCUT2D eigenvalue weighted by atomic mass is 35.5. The van der Waals surface area contributed by atoms with E-state index in [0.717, 1.165) is 11.1 Å². The zero-order chi connectivity index (χ0) is 18.7. The lowest BCUT2D eigenvalue weighted by molar-refractivity contribution is -0.116. The number of nitrogens with two attached hydrogens (primary N) is 1. The van der Waals surface area contributed by atoms with Crippen molar-refractivity contribution in [1.29, 1.82) is 0 Å². The van der Waals surface area contributed by atoms with Crippen LogP contribution in [-0.4, -0.2) is 21.8 Å². The zero-order valence-electron chi connectivity index (χ0n) is 13.4. The Labute approximate surface area is 163 Å². The maximum absolute atomic E-state index is 12.1. The predicted molar refractivity (Wildman–Crippen MR) is 104 cm³/mol. The standard InChI is InChI=1S/C17H14Cl2N4O2S/c18-11-3-1-9(12(19)6-11)2-4-15(24)23-17-22-14(8-26-17)10-5-13(16(20)25)21-7-10/h1,3,5-8,21H,2,4H2,(H2,20,25)(H,22,23,24). The normalized spacial score (nSPS) is 10.7. The number of thiazole rings is 1. The number of hydrogen-bond acceptors (Lipinski definition) is 4. The Hall–Kier alpha value is -2.35. The van der Waals surface area contributed by atoms with E-state index < -0.39 is 5.91 Å². The molecule has 0 radical (unpaired) electrons. The van der Waals surface area contributed by atoms with Crippen LogP contribution in [0, 0.1) is 0 Å². The number of carbonyl (C=O) groups is 2. The largest absolute Gasteiger partial charge is 0.364 e. The van der Waals surface area contributed by atoms with E-state index in [1.807, 2.05) is 6.07 Å². The van der Waals surface area contributed by atoms with Gasteiger partial charge in [-0.1, -0.05) is 29.3 Å². The molecule has 0 fully saturated rings. The van der Waals surface area contributed by atoms with Gasteiger partial charge >= 0.3 is 0 Å². The summed E-state index contributed by atoms with van der Waals surface area (Å²) < 4.78 is 0. The van der Waals surface area contributed by atoms with Crippen molar-refractivity contribution >= 4 is 51.5 Å². The number of nitrogens with one attached hydrogen (secondary N) is 2. The second-order valence-electron chi connectivity index (χ2n) is 5.49. The first kappa shape index (κ1) is 18.4. The fourth-order valence-corrected chi connectivity index (χ4v) is 3.54. The smallest absolute Gasteiger partial charge is 0.265 e. The minimum Gasteiger partial charge on any atom is -0.364 e. The molecular weight excluding hydrogens is 395 g/mol. The van der Waals surface area contributed by atoms with Gasteiger partial charge < -0.3 is 16.0 Å². The number of amides is 2. The fraction of sp³-hybridized carbons (Fsp3) is 0.118. The van der Waals surface area contributed by atoms with E-state index in [1.165, 1.54) is 11.3 Å². The number of H-pyrrole nitrogens is 1. The topological polar surface area (TPSA) is 101 Å². The van der Waals surface area contributed by atoms with Crippen LogP contribution < -0.4 is 11.1 Å².